The Kier molecular flexibility index (Phi) is 2.60. The molecule has 100 valence electrons. The lowest BCUT2D eigenvalue weighted by Gasteiger charge is -2.23. The molecule has 0 aliphatic carbocycles. The second-order valence-electron chi connectivity index (χ2n) is 4.80. The number of nitrogens with zero attached hydrogens (tertiary/aromatic N) is 4. The molecule has 0 bridgehead atoms. The van der Waals surface area contributed by atoms with E-state index in [0.29, 0.717) is 17.4 Å². The highest BCUT2D eigenvalue weighted by Crippen LogP contribution is 2.31. The van der Waals surface area contributed by atoms with E-state index in [1.165, 1.54) is 5.56 Å². The molecular formula is C14H11ClN4O. The normalized spacial score (nSPS) is 17.8. The number of ether oxygens (including phenoxy) is 1. The second-order valence-corrected chi connectivity index (χ2v) is 5.19. The van der Waals surface area contributed by atoms with Crippen LogP contribution in [0.5, 0.6) is 5.75 Å². The van der Waals surface area contributed by atoms with E-state index in [2.05, 4.69) is 21.4 Å². The Morgan fingerprint density at radius 2 is 2.05 bits per heavy atom. The minimum atomic E-state index is 0.130. The molecule has 3 heterocycles. The number of fused-ring (bicyclic) bond motifs is 2. The summed E-state index contributed by atoms with van der Waals surface area (Å²) in [7, 11) is 0. The Bertz CT molecular complexity index is 786. The second kappa shape index (κ2) is 4.45. The lowest BCUT2D eigenvalue weighted by Crippen LogP contribution is -2.21. The highest BCUT2D eigenvalue weighted by atomic mass is 35.5. The Labute approximate surface area is 120 Å². The zero-order chi connectivity index (χ0) is 13.5. The van der Waals surface area contributed by atoms with Crippen LogP contribution in [0, 0.1) is 0 Å². The van der Waals surface area contributed by atoms with Gasteiger partial charge in [0, 0.05) is 0 Å². The zero-order valence-electron chi connectivity index (χ0n) is 10.5. The summed E-state index contributed by atoms with van der Waals surface area (Å²) in [5, 5.41) is 13.1. The van der Waals surface area contributed by atoms with Gasteiger partial charge in [0.1, 0.15) is 10.9 Å². The maximum atomic E-state index is 5.95. The Morgan fingerprint density at radius 3 is 3.00 bits per heavy atom. The van der Waals surface area contributed by atoms with E-state index in [1.54, 1.807) is 10.6 Å². The molecule has 1 atom stereocenters. The van der Waals surface area contributed by atoms with E-state index in [4.69, 9.17) is 16.3 Å². The Balaban J connectivity index is 1.76. The van der Waals surface area contributed by atoms with Crippen molar-refractivity contribution in [3.8, 4) is 5.75 Å². The molecule has 0 fully saturated rings. The van der Waals surface area contributed by atoms with Crippen molar-refractivity contribution >= 4 is 17.2 Å². The van der Waals surface area contributed by atoms with Crippen molar-refractivity contribution in [1.82, 2.24) is 19.8 Å². The predicted octanol–water partition coefficient (Wildman–Crippen LogP) is 2.50. The highest BCUT2D eigenvalue weighted by molar-refractivity contribution is 6.29. The third kappa shape index (κ3) is 1.82. The van der Waals surface area contributed by atoms with E-state index in [9.17, 15) is 0 Å². The number of hydrogen-bond donors (Lipinski definition) is 0. The van der Waals surface area contributed by atoms with Crippen molar-refractivity contribution in [2.24, 2.45) is 0 Å². The molecule has 4 rings (SSSR count). The van der Waals surface area contributed by atoms with E-state index in [0.717, 1.165) is 18.0 Å². The summed E-state index contributed by atoms with van der Waals surface area (Å²) in [6.45, 7) is 0.575. The van der Waals surface area contributed by atoms with Gasteiger partial charge in [-0.3, -0.25) is 0 Å². The summed E-state index contributed by atoms with van der Waals surface area (Å²) >= 11 is 5.95. The average Bonchev–Trinajstić information content (AvgIpc) is 2.89. The van der Waals surface area contributed by atoms with Crippen LogP contribution in [-0.2, 0) is 6.42 Å². The van der Waals surface area contributed by atoms with Gasteiger partial charge in [0.15, 0.2) is 11.5 Å². The highest BCUT2D eigenvalue weighted by Gasteiger charge is 2.25. The van der Waals surface area contributed by atoms with Crippen molar-refractivity contribution in [3.63, 3.8) is 0 Å². The standard InChI is InChI=1S/C14H11ClN4O/c15-12-5-6-13-16-17-14(19(13)18-12)10-7-9-3-1-2-4-11(9)20-8-10/h1-6,10H,7-8H2. The summed E-state index contributed by atoms with van der Waals surface area (Å²) in [5.74, 6) is 1.87. The summed E-state index contributed by atoms with van der Waals surface area (Å²) in [4.78, 5) is 0. The monoisotopic (exact) mass is 286 g/mol. The SMILES string of the molecule is Clc1ccc2nnc(C3COc4ccccc4C3)n2n1. The van der Waals surface area contributed by atoms with Gasteiger partial charge in [-0.2, -0.15) is 9.61 Å². The van der Waals surface area contributed by atoms with Crippen LogP contribution < -0.4 is 4.74 Å². The lowest BCUT2D eigenvalue weighted by molar-refractivity contribution is 0.256. The minimum Gasteiger partial charge on any atom is -0.493 e. The number of benzene rings is 1. The van der Waals surface area contributed by atoms with Crippen molar-refractivity contribution in [2.75, 3.05) is 6.61 Å². The van der Waals surface area contributed by atoms with Crippen molar-refractivity contribution in [3.05, 3.63) is 52.9 Å². The fourth-order valence-electron chi connectivity index (χ4n) is 2.53. The quantitative estimate of drug-likeness (QED) is 0.690. The fraction of sp³-hybridized carbons (Fsp3) is 0.214. The Hall–Kier alpha value is -2.14. The first-order valence-corrected chi connectivity index (χ1v) is 6.77. The lowest BCUT2D eigenvalue weighted by atomic mass is 9.96. The minimum absolute atomic E-state index is 0.130. The summed E-state index contributed by atoms with van der Waals surface area (Å²) in [5.41, 5.74) is 1.88. The van der Waals surface area contributed by atoms with Crippen LogP contribution in [0.15, 0.2) is 36.4 Å². The van der Waals surface area contributed by atoms with Gasteiger partial charge < -0.3 is 4.74 Å². The molecule has 0 saturated heterocycles. The van der Waals surface area contributed by atoms with Gasteiger partial charge in [0.2, 0.25) is 0 Å². The van der Waals surface area contributed by atoms with Gasteiger partial charge in [-0.1, -0.05) is 29.8 Å². The molecule has 6 heteroatoms. The topological polar surface area (TPSA) is 52.3 Å². The van der Waals surface area contributed by atoms with Crippen LogP contribution in [0.2, 0.25) is 5.15 Å². The van der Waals surface area contributed by atoms with E-state index in [1.807, 2.05) is 24.3 Å². The smallest absolute Gasteiger partial charge is 0.178 e. The molecule has 20 heavy (non-hydrogen) atoms. The van der Waals surface area contributed by atoms with Crippen LogP contribution in [-0.4, -0.2) is 26.4 Å². The predicted molar refractivity (Wildman–Crippen MR) is 74.2 cm³/mol. The van der Waals surface area contributed by atoms with Crippen LogP contribution in [0.4, 0.5) is 0 Å². The first kappa shape index (κ1) is 11.7. The molecule has 1 aliphatic rings. The molecular weight excluding hydrogens is 276 g/mol. The first-order valence-electron chi connectivity index (χ1n) is 6.40. The van der Waals surface area contributed by atoms with E-state index in [-0.39, 0.29) is 5.92 Å². The van der Waals surface area contributed by atoms with Crippen molar-refractivity contribution in [1.29, 1.82) is 0 Å². The number of hydrogen-bond acceptors (Lipinski definition) is 4. The molecule has 1 unspecified atom stereocenters. The number of rotatable bonds is 1. The molecule has 0 radical (unpaired) electrons. The van der Waals surface area contributed by atoms with Gasteiger partial charge in [0.25, 0.3) is 0 Å². The van der Waals surface area contributed by atoms with Crippen LogP contribution in [0.1, 0.15) is 17.3 Å². The zero-order valence-corrected chi connectivity index (χ0v) is 11.3. The fourth-order valence-corrected chi connectivity index (χ4v) is 2.67. The van der Waals surface area contributed by atoms with Crippen LogP contribution in [0.3, 0.4) is 0 Å². The van der Waals surface area contributed by atoms with Crippen LogP contribution in [0.25, 0.3) is 5.65 Å². The molecule has 0 saturated carbocycles. The Morgan fingerprint density at radius 1 is 1.15 bits per heavy atom. The van der Waals surface area contributed by atoms with Gasteiger partial charge in [-0.25, -0.2) is 0 Å². The molecule has 3 aromatic rings. The molecule has 1 aromatic carbocycles. The molecule has 5 nitrogen and oxygen atoms in total. The van der Waals surface area contributed by atoms with E-state index >= 15 is 0 Å². The number of para-hydroxylation sites is 1. The first-order chi connectivity index (χ1) is 9.81. The summed E-state index contributed by atoms with van der Waals surface area (Å²) in [6, 6.07) is 11.6. The van der Waals surface area contributed by atoms with Gasteiger partial charge in [0.05, 0.1) is 12.5 Å². The van der Waals surface area contributed by atoms with Gasteiger partial charge in [-0.15, -0.1) is 10.2 Å². The molecule has 1 aliphatic heterocycles. The molecule has 2 aromatic heterocycles. The molecule has 0 spiro atoms. The maximum Gasteiger partial charge on any atom is 0.178 e. The molecule has 0 amide bonds. The largest absolute Gasteiger partial charge is 0.493 e. The maximum absolute atomic E-state index is 5.95. The van der Waals surface area contributed by atoms with Gasteiger partial charge in [-0.05, 0) is 30.2 Å². The van der Waals surface area contributed by atoms with E-state index < -0.39 is 0 Å². The van der Waals surface area contributed by atoms with Crippen molar-refractivity contribution in [2.45, 2.75) is 12.3 Å². The third-order valence-corrected chi connectivity index (χ3v) is 3.70. The number of halogens is 1. The third-order valence-electron chi connectivity index (χ3n) is 3.50. The summed E-state index contributed by atoms with van der Waals surface area (Å²) in [6.07, 6.45) is 0.866. The number of aromatic nitrogens is 4. The summed E-state index contributed by atoms with van der Waals surface area (Å²) < 4.78 is 7.50. The average molecular weight is 287 g/mol. The molecule has 0 N–H and O–H groups in total. The van der Waals surface area contributed by atoms with Crippen molar-refractivity contribution < 1.29 is 4.74 Å². The van der Waals surface area contributed by atoms with Crippen LogP contribution >= 0.6 is 11.6 Å². The van der Waals surface area contributed by atoms with Gasteiger partial charge >= 0.3 is 0 Å².